The highest BCUT2D eigenvalue weighted by molar-refractivity contribution is 7.90. The molecular formula is C29H19F3N2O4S2. The van der Waals surface area contributed by atoms with E-state index in [1.165, 1.54) is 18.2 Å². The van der Waals surface area contributed by atoms with Crippen LogP contribution in [0.3, 0.4) is 0 Å². The van der Waals surface area contributed by atoms with Crippen LogP contribution in [0.2, 0.25) is 0 Å². The third kappa shape index (κ3) is 4.87. The van der Waals surface area contributed by atoms with E-state index in [-0.39, 0.29) is 33.3 Å². The van der Waals surface area contributed by atoms with E-state index in [0.29, 0.717) is 3.97 Å². The molecule has 5 rings (SSSR count). The number of rotatable bonds is 7. The van der Waals surface area contributed by atoms with Gasteiger partial charge in [-0.3, -0.25) is 0 Å². The maximum Gasteiger partial charge on any atom is 0.268 e. The van der Waals surface area contributed by atoms with Crippen LogP contribution in [-0.4, -0.2) is 12.4 Å². The zero-order chi connectivity index (χ0) is 28.6. The Morgan fingerprint density at radius 1 is 0.950 bits per heavy atom. The second-order valence-corrected chi connectivity index (χ2v) is 11.0. The van der Waals surface area contributed by atoms with Crippen LogP contribution in [0.1, 0.15) is 16.7 Å². The van der Waals surface area contributed by atoms with Crippen LogP contribution >= 0.6 is 12.6 Å². The van der Waals surface area contributed by atoms with Gasteiger partial charge in [-0.05, 0) is 30.7 Å². The number of hydrogen-bond acceptors (Lipinski definition) is 6. The van der Waals surface area contributed by atoms with Crippen LogP contribution < -0.4 is 9.47 Å². The molecule has 40 heavy (non-hydrogen) atoms. The predicted molar refractivity (Wildman–Crippen MR) is 145 cm³/mol. The monoisotopic (exact) mass is 580 g/mol. The summed E-state index contributed by atoms with van der Waals surface area (Å²) in [5.74, 6) is -5.07. The van der Waals surface area contributed by atoms with Gasteiger partial charge in [-0.1, -0.05) is 48.0 Å². The fourth-order valence-electron chi connectivity index (χ4n) is 4.03. The molecule has 0 aliphatic carbocycles. The second kappa shape index (κ2) is 10.6. The second-order valence-electron chi connectivity index (χ2n) is 8.76. The molecule has 0 spiro atoms. The lowest BCUT2D eigenvalue weighted by Crippen LogP contribution is -2.13. The van der Waals surface area contributed by atoms with Gasteiger partial charge in [-0.2, -0.15) is 9.65 Å². The average molecular weight is 581 g/mol. The Hall–Kier alpha value is -4.40. The molecule has 0 unspecified atom stereocenters. The normalized spacial score (nSPS) is 11.4. The highest BCUT2D eigenvalue weighted by atomic mass is 32.2. The van der Waals surface area contributed by atoms with Crippen molar-refractivity contribution in [2.24, 2.45) is 0 Å². The fraction of sp³-hybridized carbons (Fsp3) is 0.0690. The van der Waals surface area contributed by atoms with Crippen molar-refractivity contribution in [3.63, 3.8) is 0 Å². The van der Waals surface area contributed by atoms with E-state index >= 15 is 8.78 Å². The minimum atomic E-state index is -4.28. The van der Waals surface area contributed by atoms with Crippen LogP contribution in [0.5, 0.6) is 17.2 Å². The molecule has 6 nitrogen and oxygen atoms in total. The molecule has 4 aromatic carbocycles. The number of hydrogen-bond donors (Lipinski definition) is 1. The number of thiol groups is 1. The van der Waals surface area contributed by atoms with Crippen molar-refractivity contribution in [1.82, 2.24) is 3.97 Å². The molecule has 11 heteroatoms. The first kappa shape index (κ1) is 27.2. The Morgan fingerprint density at radius 2 is 1.65 bits per heavy atom. The van der Waals surface area contributed by atoms with E-state index < -0.39 is 44.3 Å². The van der Waals surface area contributed by atoms with Gasteiger partial charge < -0.3 is 9.47 Å². The zero-order valence-electron chi connectivity index (χ0n) is 20.7. The predicted octanol–water partition coefficient (Wildman–Crippen LogP) is 7.14. The molecule has 202 valence electrons. The standard InChI is InChI=1S/C29H19F3N2O4S2/c1-17-7-9-20(10-8-17)40(35,36)34-12-11-21-27(34)25(31)26(32)28(29(21)39)38-24-13-19(15-33)22(30)14-23(24)37-16-18-5-3-2-4-6-18/h2-14,39H,16H2,1H3. The summed E-state index contributed by atoms with van der Waals surface area (Å²) < 4.78 is 83.9. The molecule has 1 heterocycles. The van der Waals surface area contributed by atoms with Gasteiger partial charge in [0.25, 0.3) is 10.0 Å². The van der Waals surface area contributed by atoms with E-state index in [2.05, 4.69) is 12.6 Å². The summed E-state index contributed by atoms with van der Waals surface area (Å²) in [6.45, 7) is 1.77. The van der Waals surface area contributed by atoms with E-state index in [4.69, 9.17) is 9.47 Å². The van der Waals surface area contributed by atoms with Crippen molar-refractivity contribution in [3.8, 4) is 23.3 Å². The van der Waals surface area contributed by atoms with Gasteiger partial charge in [0, 0.05) is 23.7 Å². The number of fused-ring (bicyclic) bond motifs is 1. The number of nitriles is 1. The van der Waals surface area contributed by atoms with Crippen molar-refractivity contribution in [1.29, 1.82) is 5.26 Å². The summed E-state index contributed by atoms with van der Waals surface area (Å²) >= 11 is 4.31. The average Bonchev–Trinajstić information content (AvgIpc) is 3.41. The number of aromatic nitrogens is 1. The third-order valence-electron chi connectivity index (χ3n) is 6.10. The number of nitrogens with zero attached hydrogens (tertiary/aromatic N) is 2. The molecule has 0 bridgehead atoms. The first-order valence-electron chi connectivity index (χ1n) is 11.7. The largest absolute Gasteiger partial charge is 0.485 e. The lowest BCUT2D eigenvalue weighted by Gasteiger charge is -2.16. The quantitative estimate of drug-likeness (QED) is 0.207. The molecule has 0 saturated heterocycles. The summed E-state index contributed by atoms with van der Waals surface area (Å²) in [7, 11) is -4.28. The number of halogens is 3. The van der Waals surface area contributed by atoms with Gasteiger partial charge in [0.1, 0.15) is 24.0 Å². The third-order valence-corrected chi connectivity index (χ3v) is 8.24. The van der Waals surface area contributed by atoms with E-state index in [1.54, 1.807) is 55.5 Å². The minimum Gasteiger partial charge on any atom is -0.485 e. The van der Waals surface area contributed by atoms with Crippen LogP contribution in [0.15, 0.2) is 88.8 Å². The smallest absolute Gasteiger partial charge is 0.268 e. The van der Waals surface area contributed by atoms with Crippen molar-refractivity contribution >= 4 is 33.6 Å². The zero-order valence-corrected chi connectivity index (χ0v) is 22.4. The molecule has 1 aromatic heterocycles. The topological polar surface area (TPSA) is 81.3 Å². The molecule has 0 aliphatic rings. The molecule has 0 amide bonds. The summed E-state index contributed by atoms with van der Waals surface area (Å²) in [6, 6.07) is 19.6. The van der Waals surface area contributed by atoms with E-state index in [9.17, 15) is 18.1 Å². The molecule has 0 atom stereocenters. The first-order valence-corrected chi connectivity index (χ1v) is 13.6. The lowest BCUT2D eigenvalue weighted by atomic mass is 10.2. The van der Waals surface area contributed by atoms with Crippen LogP contribution in [0.25, 0.3) is 10.9 Å². The van der Waals surface area contributed by atoms with Crippen molar-refractivity contribution < 1.29 is 31.1 Å². The van der Waals surface area contributed by atoms with Gasteiger partial charge in [-0.25, -0.2) is 21.2 Å². The number of benzene rings is 4. The lowest BCUT2D eigenvalue weighted by molar-refractivity contribution is 0.286. The van der Waals surface area contributed by atoms with Gasteiger partial charge in [0.2, 0.25) is 5.82 Å². The van der Waals surface area contributed by atoms with Crippen LogP contribution in [0.4, 0.5) is 13.2 Å². The van der Waals surface area contributed by atoms with Crippen LogP contribution in [-0.2, 0) is 16.6 Å². The van der Waals surface area contributed by atoms with E-state index in [0.717, 1.165) is 29.5 Å². The molecule has 0 saturated carbocycles. The van der Waals surface area contributed by atoms with Gasteiger partial charge in [-0.15, -0.1) is 12.6 Å². The summed E-state index contributed by atoms with van der Waals surface area (Å²) in [4.78, 5) is -0.337. The van der Waals surface area contributed by atoms with Gasteiger partial charge in [0.05, 0.1) is 15.4 Å². The Morgan fingerprint density at radius 3 is 2.33 bits per heavy atom. The Kier molecular flexibility index (Phi) is 7.23. The van der Waals surface area contributed by atoms with Crippen molar-refractivity contribution in [3.05, 3.63) is 113 Å². The Labute approximate surface area is 233 Å². The van der Waals surface area contributed by atoms with Gasteiger partial charge in [0.15, 0.2) is 23.1 Å². The maximum absolute atomic E-state index is 15.5. The molecule has 0 fully saturated rings. The Balaban J connectivity index is 1.59. The molecule has 5 aromatic rings. The number of aryl methyl sites for hydroxylation is 1. The first-order chi connectivity index (χ1) is 19.1. The Bertz CT molecular complexity index is 1900. The summed E-state index contributed by atoms with van der Waals surface area (Å²) in [5.41, 5.74) is 0.580. The van der Waals surface area contributed by atoms with Crippen molar-refractivity contribution in [2.75, 3.05) is 0 Å². The van der Waals surface area contributed by atoms with E-state index in [1.807, 2.05) is 0 Å². The highest BCUT2D eigenvalue weighted by Gasteiger charge is 2.28. The van der Waals surface area contributed by atoms with Crippen LogP contribution in [0, 0.1) is 35.7 Å². The molecular weight excluding hydrogens is 561 g/mol. The molecule has 0 radical (unpaired) electrons. The minimum absolute atomic E-state index is 0.00806. The highest BCUT2D eigenvalue weighted by Crippen LogP contribution is 2.43. The maximum atomic E-state index is 15.5. The van der Waals surface area contributed by atoms with Crippen molar-refractivity contribution in [2.45, 2.75) is 23.3 Å². The fourth-order valence-corrected chi connectivity index (χ4v) is 5.70. The summed E-state index contributed by atoms with van der Waals surface area (Å²) in [6.07, 6.45) is 1.09. The van der Waals surface area contributed by atoms with Gasteiger partial charge >= 0.3 is 0 Å². The molecule has 0 N–H and O–H groups in total. The molecule has 0 aliphatic heterocycles. The number of ether oxygens (including phenoxy) is 2. The summed E-state index contributed by atoms with van der Waals surface area (Å²) in [5, 5.41) is 9.24. The SMILES string of the molecule is Cc1ccc(S(=O)(=O)n2ccc3c(S)c(Oc4cc(C#N)c(F)cc4OCc4ccccc4)c(F)c(F)c32)cc1.